The summed E-state index contributed by atoms with van der Waals surface area (Å²) in [5.74, 6) is 0.518. The minimum atomic E-state index is -0.589. The summed E-state index contributed by atoms with van der Waals surface area (Å²) in [5.41, 5.74) is 5.86. The van der Waals surface area contributed by atoms with Gasteiger partial charge in [-0.25, -0.2) is 9.97 Å². The molecule has 1 saturated carbocycles. The second-order valence-corrected chi connectivity index (χ2v) is 18.6. The van der Waals surface area contributed by atoms with Crippen LogP contribution >= 0.6 is 11.6 Å². The van der Waals surface area contributed by atoms with Gasteiger partial charge in [-0.1, -0.05) is 85.6 Å². The highest BCUT2D eigenvalue weighted by molar-refractivity contribution is 6.32. The number of hydrogen-bond donors (Lipinski definition) is 2. The van der Waals surface area contributed by atoms with E-state index in [1.54, 1.807) is 11.1 Å². The number of fused-ring (bicyclic) bond motifs is 1. The molecule has 9 rings (SSSR count). The predicted molar refractivity (Wildman–Crippen MR) is 236 cm³/mol. The van der Waals surface area contributed by atoms with Gasteiger partial charge in [0.25, 0.3) is 5.91 Å². The molecular weight excluding hydrogens is 788 g/mol. The third kappa shape index (κ3) is 9.04. The molecule has 5 heterocycles. The first-order chi connectivity index (χ1) is 29.6. The van der Waals surface area contributed by atoms with Gasteiger partial charge >= 0.3 is 0 Å². The Morgan fingerprint density at radius 3 is 2.48 bits per heavy atom. The first kappa shape index (κ1) is 41.4. The number of carbonyl (C=O) groups excluding carboxylic acids is 4. The number of likely N-dealkylation sites (tertiary alicyclic amines) is 1. The van der Waals surface area contributed by atoms with Gasteiger partial charge < -0.3 is 20.0 Å². The number of amides is 4. The number of piperazine rings is 1. The van der Waals surface area contributed by atoms with Crippen molar-refractivity contribution in [1.29, 1.82) is 0 Å². The average Bonchev–Trinajstić information content (AvgIpc) is 3.61. The SMILES string of the molecule is CC1(c2ccccc2)C=CC=C(c2nc(N[C@@H]3CCC[C@H](C(=O)N4CCN(CCN5CCC(c6ccc7c(c6)CN(C6CCC(=O)NC6=O)C7=O)CC5)CC4)C3)ncc2Cl)C1. The lowest BCUT2D eigenvalue weighted by Gasteiger charge is -2.39. The molecule has 13 heteroatoms. The van der Waals surface area contributed by atoms with E-state index in [9.17, 15) is 19.2 Å². The Hall–Kier alpha value is -4.91. The highest BCUT2D eigenvalue weighted by atomic mass is 35.5. The maximum atomic E-state index is 13.8. The number of benzene rings is 2. The van der Waals surface area contributed by atoms with Crippen molar-refractivity contribution >= 4 is 46.8 Å². The normalized spacial score (nSPS) is 26.6. The summed E-state index contributed by atoms with van der Waals surface area (Å²) in [4.78, 5) is 69.4. The number of piperidine rings is 2. The van der Waals surface area contributed by atoms with Crippen molar-refractivity contribution in [3.05, 3.63) is 106 Å². The Bertz CT molecular complexity index is 2220. The van der Waals surface area contributed by atoms with E-state index < -0.39 is 6.04 Å². The molecule has 0 spiro atoms. The Morgan fingerprint density at radius 2 is 1.70 bits per heavy atom. The van der Waals surface area contributed by atoms with Gasteiger partial charge in [-0.05, 0) is 92.3 Å². The van der Waals surface area contributed by atoms with Crippen LogP contribution in [0.1, 0.15) is 103 Å². The van der Waals surface area contributed by atoms with Crippen LogP contribution in [0.15, 0.2) is 73.0 Å². The van der Waals surface area contributed by atoms with Crippen molar-refractivity contribution in [1.82, 2.24) is 34.9 Å². The zero-order chi connectivity index (χ0) is 42.1. The van der Waals surface area contributed by atoms with Gasteiger partial charge in [-0.15, -0.1) is 0 Å². The molecule has 4 aliphatic heterocycles. The molecule has 320 valence electrons. The largest absolute Gasteiger partial charge is 0.351 e. The van der Waals surface area contributed by atoms with Gasteiger partial charge in [0.05, 0.1) is 16.9 Å². The Balaban J connectivity index is 0.710. The van der Waals surface area contributed by atoms with Crippen molar-refractivity contribution in [3.63, 3.8) is 0 Å². The molecule has 1 aromatic heterocycles. The van der Waals surface area contributed by atoms with Gasteiger partial charge in [0.15, 0.2) is 0 Å². The van der Waals surface area contributed by atoms with Gasteiger partial charge in [0, 0.05) is 75.2 Å². The standard InChI is InChI=1S/C48H57ClN8O4/c1-48(37-9-3-2-4-10-37)18-6-8-35(29-48)43-40(49)30-50-47(53-43)51-38-11-5-7-34(28-38)45(60)56-25-23-55(24-26-56)22-21-54-19-16-32(17-20-54)33-12-13-39-36(27-33)31-57(46(39)61)41-14-15-42(58)52-44(41)59/h2-4,6,8-10,12-13,18,27,30,32,34,38,41H,5,7,11,14-17,19-26,28-29,31H2,1H3,(H,50,51,53)(H,52,58,59)/t34-,38+,41?,48?/m0/s1. The molecule has 61 heavy (non-hydrogen) atoms. The van der Waals surface area contributed by atoms with Crippen molar-refractivity contribution in [2.45, 2.75) is 94.7 Å². The number of imide groups is 1. The van der Waals surface area contributed by atoms with Gasteiger partial charge in [-0.2, -0.15) is 0 Å². The van der Waals surface area contributed by atoms with E-state index in [1.165, 1.54) is 11.1 Å². The van der Waals surface area contributed by atoms with E-state index in [1.807, 2.05) is 12.1 Å². The van der Waals surface area contributed by atoms with Crippen LogP contribution in [0.25, 0.3) is 5.57 Å². The first-order valence-corrected chi connectivity index (χ1v) is 22.7. The zero-order valence-corrected chi connectivity index (χ0v) is 35.9. The van der Waals surface area contributed by atoms with Crippen molar-refractivity contribution < 1.29 is 19.2 Å². The van der Waals surface area contributed by atoms with E-state index in [-0.39, 0.29) is 47.4 Å². The summed E-state index contributed by atoms with van der Waals surface area (Å²) in [7, 11) is 0. The predicted octanol–water partition coefficient (Wildman–Crippen LogP) is 6.19. The van der Waals surface area contributed by atoms with E-state index in [0.29, 0.717) is 35.4 Å². The molecule has 2 N–H and O–H groups in total. The van der Waals surface area contributed by atoms with Gasteiger partial charge in [-0.3, -0.25) is 29.4 Å². The summed E-state index contributed by atoms with van der Waals surface area (Å²) >= 11 is 6.71. The third-order valence-corrected chi connectivity index (χ3v) is 14.5. The molecule has 0 radical (unpaired) electrons. The molecule has 6 aliphatic rings. The number of hydrogen-bond acceptors (Lipinski definition) is 9. The summed E-state index contributed by atoms with van der Waals surface area (Å²) in [6.07, 6.45) is 15.4. The average molecular weight is 845 g/mol. The van der Waals surface area contributed by atoms with Crippen molar-refractivity contribution in [3.8, 4) is 0 Å². The summed E-state index contributed by atoms with van der Waals surface area (Å²) < 4.78 is 0. The van der Waals surface area contributed by atoms with Crippen LogP contribution < -0.4 is 10.6 Å². The third-order valence-electron chi connectivity index (χ3n) is 14.2. The smallest absolute Gasteiger partial charge is 0.255 e. The lowest BCUT2D eigenvalue weighted by molar-refractivity contribution is -0.139. The summed E-state index contributed by atoms with van der Waals surface area (Å²) in [5, 5.41) is 6.50. The molecule has 12 nitrogen and oxygen atoms in total. The monoisotopic (exact) mass is 844 g/mol. The topological polar surface area (TPSA) is 131 Å². The molecular formula is C48H57ClN8O4. The fourth-order valence-electron chi connectivity index (χ4n) is 10.5. The Labute approximate surface area is 363 Å². The zero-order valence-electron chi connectivity index (χ0n) is 35.2. The Kier molecular flexibility index (Phi) is 12.1. The summed E-state index contributed by atoms with van der Waals surface area (Å²) in [6.45, 7) is 10.1. The van der Waals surface area contributed by atoms with Gasteiger partial charge in [0.1, 0.15) is 6.04 Å². The van der Waals surface area contributed by atoms with Crippen LogP contribution in [0.2, 0.25) is 5.02 Å². The second-order valence-electron chi connectivity index (χ2n) is 18.2. The van der Waals surface area contributed by atoms with E-state index in [4.69, 9.17) is 16.6 Å². The van der Waals surface area contributed by atoms with Crippen LogP contribution in [0.4, 0.5) is 5.95 Å². The second kappa shape index (κ2) is 17.8. The first-order valence-electron chi connectivity index (χ1n) is 22.3. The maximum absolute atomic E-state index is 13.8. The lowest BCUT2D eigenvalue weighted by Crippen LogP contribution is -2.52. The molecule has 2 aromatic carbocycles. The number of aromatic nitrogens is 2. The molecule has 4 atom stereocenters. The fraction of sp³-hybridized carbons (Fsp3) is 0.500. The highest BCUT2D eigenvalue weighted by Crippen LogP contribution is 2.40. The van der Waals surface area contributed by atoms with Crippen LogP contribution in [0.3, 0.4) is 0 Å². The molecule has 4 fully saturated rings. The number of rotatable bonds is 10. The minimum Gasteiger partial charge on any atom is -0.351 e. The highest BCUT2D eigenvalue weighted by Gasteiger charge is 2.40. The molecule has 3 saturated heterocycles. The Morgan fingerprint density at radius 1 is 0.934 bits per heavy atom. The van der Waals surface area contributed by atoms with Crippen LogP contribution in [-0.2, 0) is 26.3 Å². The number of carbonyl (C=O) groups is 4. The van der Waals surface area contributed by atoms with Crippen molar-refractivity contribution in [2.24, 2.45) is 5.92 Å². The molecule has 4 amide bonds. The number of nitrogens with zero attached hydrogens (tertiary/aromatic N) is 6. The van der Waals surface area contributed by atoms with Gasteiger partial charge in [0.2, 0.25) is 23.7 Å². The number of nitrogens with one attached hydrogen (secondary N) is 2. The van der Waals surface area contributed by atoms with E-state index >= 15 is 0 Å². The van der Waals surface area contributed by atoms with Crippen LogP contribution in [-0.4, -0.2) is 118 Å². The van der Waals surface area contributed by atoms with E-state index in [2.05, 4.69) is 91.9 Å². The quantitative estimate of drug-likeness (QED) is 0.230. The molecule has 2 unspecified atom stereocenters. The number of anilines is 1. The number of halogens is 1. The number of allylic oxidation sites excluding steroid dienone is 4. The molecule has 0 bridgehead atoms. The minimum absolute atomic E-state index is 0.000860. The van der Waals surface area contributed by atoms with Crippen LogP contribution in [0.5, 0.6) is 0 Å². The molecule has 3 aromatic rings. The fourth-order valence-corrected chi connectivity index (χ4v) is 10.7. The van der Waals surface area contributed by atoms with E-state index in [0.717, 1.165) is 114 Å². The lowest BCUT2D eigenvalue weighted by atomic mass is 9.74. The van der Waals surface area contributed by atoms with Crippen molar-refractivity contribution in [2.75, 3.05) is 57.7 Å². The maximum Gasteiger partial charge on any atom is 0.255 e. The molecule has 2 aliphatic carbocycles. The summed E-state index contributed by atoms with van der Waals surface area (Å²) in [6, 6.07) is 16.3. The van der Waals surface area contributed by atoms with Crippen LogP contribution in [0, 0.1) is 5.92 Å².